The number of benzene rings is 1. The molecule has 100 valence electrons. The van der Waals surface area contributed by atoms with Crippen molar-refractivity contribution in [3.8, 4) is 5.75 Å². The van der Waals surface area contributed by atoms with Crippen LogP contribution in [0.3, 0.4) is 0 Å². The van der Waals surface area contributed by atoms with Crippen molar-refractivity contribution in [3.05, 3.63) is 41.9 Å². The van der Waals surface area contributed by atoms with E-state index in [1.54, 1.807) is 18.0 Å². The molecule has 0 amide bonds. The molecule has 0 fully saturated rings. The molecule has 0 saturated carbocycles. The highest BCUT2D eigenvalue weighted by atomic mass is 19.4. The summed E-state index contributed by atoms with van der Waals surface area (Å²) in [5.74, 6) is 0.674. The first-order chi connectivity index (χ1) is 8.34. The second kappa shape index (κ2) is 5.95. The summed E-state index contributed by atoms with van der Waals surface area (Å²) in [6.07, 6.45) is 0. The van der Waals surface area contributed by atoms with Gasteiger partial charge in [0.2, 0.25) is 0 Å². The van der Waals surface area contributed by atoms with Crippen LogP contribution < -0.4 is 4.74 Å². The molecule has 1 rings (SSSR count). The van der Waals surface area contributed by atoms with Gasteiger partial charge in [0, 0.05) is 12.1 Å². The predicted octanol–water partition coefficient (Wildman–Crippen LogP) is 3.07. The normalized spacial score (nSPS) is 11.7. The smallest absolute Gasteiger partial charge is 0.496 e. The summed E-state index contributed by atoms with van der Waals surface area (Å²) in [6, 6.07) is 7.26. The van der Waals surface area contributed by atoms with Crippen LogP contribution in [0.25, 0.3) is 0 Å². The Morgan fingerprint density at radius 1 is 1.33 bits per heavy atom. The zero-order valence-corrected chi connectivity index (χ0v) is 10.5. The van der Waals surface area contributed by atoms with E-state index in [9.17, 15) is 12.9 Å². The average Bonchev–Trinajstić information content (AvgIpc) is 2.28. The van der Waals surface area contributed by atoms with Crippen molar-refractivity contribution in [1.29, 1.82) is 0 Å². The first-order valence-electron chi connectivity index (χ1n) is 5.52. The number of rotatable bonds is 6. The van der Waals surface area contributed by atoms with Crippen molar-refractivity contribution in [2.75, 3.05) is 20.7 Å². The molecule has 1 aromatic rings. The van der Waals surface area contributed by atoms with E-state index in [0.29, 0.717) is 12.3 Å². The Balaban J connectivity index is 2.65. The van der Waals surface area contributed by atoms with Crippen molar-refractivity contribution in [2.24, 2.45) is 0 Å². The molecule has 0 spiro atoms. The van der Waals surface area contributed by atoms with Crippen LogP contribution in [0.5, 0.6) is 5.75 Å². The molecule has 0 aliphatic carbocycles. The van der Waals surface area contributed by atoms with E-state index in [-0.39, 0.29) is 6.54 Å². The first kappa shape index (κ1) is 14.6. The molecule has 0 bridgehead atoms. The topological polar surface area (TPSA) is 12.5 Å². The highest BCUT2D eigenvalue weighted by Gasteiger charge is 2.27. The van der Waals surface area contributed by atoms with E-state index in [1.165, 1.54) is 7.11 Å². The van der Waals surface area contributed by atoms with Crippen molar-refractivity contribution >= 4 is 6.98 Å². The average molecular weight is 258 g/mol. The molecule has 0 heterocycles. The van der Waals surface area contributed by atoms with Gasteiger partial charge in [-0.1, -0.05) is 18.2 Å². The number of ether oxygens (including phenoxy) is 1. The van der Waals surface area contributed by atoms with Gasteiger partial charge in [-0.2, -0.15) is 0 Å². The summed E-state index contributed by atoms with van der Waals surface area (Å²) in [7, 11) is 3.16. The van der Waals surface area contributed by atoms with Gasteiger partial charge in [0.25, 0.3) is 0 Å². The molecule has 0 unspecified atom stereocenters. The fourth-order valence-electron chi connectivity index (χ4n) is 1.63. The quantitative estimate of drug-likeness (QED) is 0.727. The molecule has 0 aliphatic rings. The fraction of sp³-hybridized carbons (Fsp3) is 0.333. The Hall–Kier alpha value is -1.43. The summed E-state index contributed by atoms with van der Waals surface area (Å²) in [4.78, 5) is 1.56. The molecule has 1 aromatic carbocycles. The minimum Gasteiger partial charge on any atom is -0.496 e. The third-order valence-electron chi connectivity index (χ3n) is 2.57. The Kier molecular flexibility index (Phi) is 4.84. The van der Waals surface area contributed by atoms with Gasteiger partial charge in [-0.05, 0) is 19.7 Å². The third kappa shape index (κ3) is 4.11. The zero-order valence-electron chi connectivity index (χ0n) is 10.5. The number of para-hydroxylation sites is 1. The number of methoxy groups -OCH3 is 1. The summed E-state index contributed by atoms with van der Waals surface area (Å²) in [6.45, 7) is -1.69. The first-order valence-corrected chi connectivity index (χ1v) is 5.52. The van der Waals surface area contributed by atoms with Crippen molar-refractivity contribution in [2.45, 2.75) is 6.54 Å². The molecule has 0 aromatic heterocycles. The number of hydrogen-bond donors (Lipinski definition) is 0. The van der Waals surface area contributed by atoms with Crippen LogP contribution >= 0.6 is 0 Å². The fourth-order valence-corrected chi connectivity index (χ4v) is 1.63. The lowest BCUT2D eigenvalue weighted by Crippen LogP contribution is -2.30. The molecule has 2 nitrogen and oxygen atoms in total. The highest BCUT2D eigenvalue weighted by Crippen LogP contribution is 2.22. The van der Waals surface area contributed by atoms with Crippen molar-refractivity contribution in [1.82, 2.24) is 4.90 Å². The lowest BCUT2D eigenvalue weighted by molar-refractivity contribution is 0.337. The summed E-state index contributed by atoms with van der Waals surface area (Å²) in [5, 5.41) is 0. The Labute approximate surface area is 105 Å². The molecule has 0 atom stereocenters. The maximum atomic E-state index is 12.4. The number of hydrogen-bond acceptors (Lipinski definition) is 2. The van der Waals surface area contributed by atoms with Gasteiger partial charge in [0.05, 0.1) is 7.11 Å². The standard InChI is InChI=1S/C12H16BF3NO/c1-10(13(14,15)16)8-17(2)9-11-6-4-5-7-12(11)18-3/h4-7H,1,8-9H2,2-3H3/q-1. The van der Waals surface area contributed by atoms with Crippen LogP contribution in [0.4, 0.5) is 12.9 Å². The van der Waals surface area contributed by atoms with Gasteiger partial charge < -0.3 is 22.6 Å². The molecule has 6 heteroatoms. The van der Waals surface area contributed by atoms with Crippen LogP contribution in [0.1, 0.15) is 5.56 Å². The number of nitrogens with zero attached hydrogens (tertiary/aromatic N) is 1. The largest absolute Gasteiger partial charge is 0.506 e. The van der Waals surface area contributed by atoms with Gasteiger partial charge in [-0.25, -0.2) is 0 Å². The molecule has 0 aliphatic heterocycles. The molecule has 0 N–H and O–H groups in total. The Morgan fingerprint density at radius 3 is 2.50 bits per heavy atom. The summed E-state index contributed by atoms with van der Waals surface area (Å²) >= 11 is 0. The van der Waals surface area contributed by atoms with Crippen LogP contribution in [-0.2, 0) is 6.54 Å². The molecule has 18 heavy (non-hydrogen) atoms. The van der Waals surface area contributed by atoms with Gasteiger partial charge >= 0.3 is 6.98 Å². The van der Waals surface area contributed by atoms with Crippen LogP contribution in [0.2, 0.25) is 0 Å². The van der Waals surface area contributed by atoms with E-state index in [4.69, 9.17) is 4.74 Å². The second-order valence-corrected chi connectivity index (χ2v) is 4.22. The summed E-state index contributed by atoms with van der Waals surface area (Å²) in [5.41, 5.74) is 0.164. The SMILES string of the molecule is C=C(CN(C)Cc1ccccc1OC)[B-](F)(F)F. The summed E-state index contributed by atoms with van der Waals surface area (Å²) < 4.78 is 42.4. The van der Waals surface area contributed by atoms with E-state index in [0.717, 1.165) is 5.56 Å². The molecular formula is C12H16BF3NO-. The maximum absolute atomic E-state index is 12.4. The lowest BCUT2D eigenvalue weighted by atomic mass is 9.80. The monoisotopic (exact) mass is 258 g/mol. The minimum atomic E-state index is -4.96. The van der Waals surface area contributed by atoms with Crippen LogP contribution in [0, 0.1) is 0 Å². The zero-order chi connectivity index (χ0) is 13.8. The highest BCUT2D eigenvalue weighted by molar-refractivity contribution is 6.66. The predicted molar refractivity (Wildman–Crippen MR) is 67.5 cm³/mol. The van der Waals surface area contributed by atoms with E-state index in [1.807, 2.05) is 18.2 Å². The Bertz CT molecular complexity index is 420. The second-order valence-electron chi connectivity index (χ2n) is 4.22. The van der Waals surface area contributed by atoms with E-state index in [2.05, 4.69) is 6.58 Å². The molecule has 0 saturated heterocycles. The Morgan fingerprint density at radius 2 is 1.94 bits per heavy atom. The molecular weight excluding hydrogens is 242 g/mol. The van der Waals surface area contributed by atoms with E-state index >= 15 is 0 Å². The maximum Gasteiger partial charge on any atom is 0.506 e. The van der Waals surface area contributed by atoms with Crippen molar-refractivity contribution < 1.29 is 17.7 Å². The van der Waals surface area contributed by atoms with Crippen LogP contribution in [-0.4, -0.2) is 32.6 Å². The van der Waals surface area contributed by atoms with E-state index < -0.39 is 12.4 Å². The lowest BCUT2D eigenvalue weighted by Gasteiger charge is -2.24. The van der Waals surface area contributed by atoms with Crippen molar-refractivity contribution in [3.63, 3.8) is 0 Å². The van der Waals surface area contributed by atoms with Gasteiger partial charge in [0.15, 0.2) is 0 Å². The van der Waals surface area contributed by atoms with Gasteiger partial charge in [0.1, 0.15) is 5.75 Å². The number of likely N-dealkylation sites (N-methyl/N-ethyl adjacent to an activating group) is 1. The molecule has 0 radical (unpaired) electrons. The number of halogens is 3. The van der Waals surface area contributed by atoms with Gasteiger partial charge in [-0.15, -0.1) is 12.1 Å². The minimum absolute atomic E-state index is 0.193. The van der Waals surface area contributed by atoms with Crippen LogP contribution in [0.15, 0.2) is 36.3 Å². The van der Waals surface area contributed by atoms with Gasteiger partial charge in [-0.3, -0.25) is 0 Å². The third-order valence-corrected chi connectivity index (χ3v) is 2.57.